The highest BCUT2D eigenvalue weighted by Crippen LogP contribution is 2.29. The zero-order valence-electron chi connectivity index (χ0n) is 16.0. The highest BCUT2D eigenvalue weighted by atomic mass is 35.5. The van der Waals surface area contributed by atoms with Crippen molar-refractivity contribution < 1.29 is 22.8 Å². The number of rotatable bonds is 4. The van der Waals surface area contributed by atoms with Crippen LogP contribution in [0, 0.1) is 5.92 Å². The average molecular weight is 429 g/mol. The summed E-state index contributed by atoms with van der Waals surface area (Å²) in [5.74, 6) is -1.65. The Morgan fingerprint density at radius 3 is 2.55 bits per heavy atom. The number of alkyl halides is 3. The highest BCUT2D eigenvalue weighted by molar-refractivity contribution is 6.32. The van der Waals surface area contributed by atoms with Crippen LogP contribution in [0.2, 0.25) is 5.02 Å². The topological polar surface area (TPSA) is 49.4 Å². The molecule has 1 aromatic carbocycles. The Labute approximate surface area is 173 Å². The lowest BCUT2D eigenvalue weighted by Gasteiger charge is -2.21. The number of carbonyl (C=O) groups excluding carboxylic acids is 2. The first-order chi connectivity index (χ1) is 13.8. The molecule has 3 rings (SSSR count). The van der Waals surface area contributed by atoms with E-state index in [0.29, 0.717) is 24.4 Å². The van der Waals surface area contributed by atoms with Crippen molar-refractivity contribution in [1.29, 1.82) is 0 Å². The molecule has 8 heteroatoms. The summed E-state index contributed by atoms with van der Waals surface area (Å²) in [7, 11) is 0. The van der Waals surface area contributed by atoms with Gasteiger partial charge >= 0.3 is 12.1 Å². The van der Waals surface area contributed by atoms with Crippen molar-refractivity contribution in [3.63, 3.8) is 0 Å². The van der Waals surface area contributed by atoms with Crippen molar-refractivity contribution in [2.24, 2.45) is 5.92 Å². The molecule has 1 aromatic rings. The van der Waals surface area contributed by atoms with Gasteiger partial charge in [-0.3, -0.25) is 9.59 Å². The van der Waals surface area contributed by atoms with Gasteiger partial charge in [0, 0.05) is 30.6 Å². The van der Waals surface area contributed by atoms with Crippen LogP contribution in [-0.2, 0) is 22.4 Å². The molecule has 0 unspecified atom stereocenters. The second-order valence-electron chi connectivity index (χ2n) is 7.52. The van der Waals surface area contributed by atoms with Crippen molar-refractivity contribution in [3.05, 3.63) is 39.9 Å². The largest absolute Gasteiger partial charge is 0.471 e. The Hall–Kier alpha value is -2.02. The minimum Gasteiger partial charge on any atom is -0.352 e. The van der Waals surface area contributed by atoms with Crippen LogP contribution in [0.3, 0.4) is 0 Å². The maximum atomic E-state index is 12.8. The van der Waals surface area contributed by atoms with Gasteiger partial charge in [-0.2, -0.15) is 13.2 Å². The van der Waals surface area contributed by atoms with Gasteiger partial charge in [0.1, 0.15) is 0 Å². The number of hydrogen-bond acceptors (Lipinski definition) is 2. The third-order valence-corrected chi connectivity index (χ3v) is 5.95. The third-order valence-electron chi connectivity index (χ3n) is 5.62. The molecule has 0 saturated heterocycles. The predicted octanol–water partition coefficient (Wildman–Crippen LogP) is 4.15. The number of benzene rings is 1. The smallest absolute Gasteiger partial charge is 0.352 e. The number of fused-ring (bicyclic) bond motifs is 1. The minimum absolute atomic E-state index is 0.00899. The molecule has 4 nitrogen and oxygen atoms in total. The first-order valence-electron chi connectivity index (χ1n) is 9.88. The number of halogens is 4. The number of carbonyl (C=O) groups is 2. The van der Waals surface area contributed by atoms with Crippen LogP contribution in [0.15, 0.2) is 18.2 Å². The van der Waals surface area contributed by atoms with Gasteiger partial charge in [-0.15, -0.1) is 0 Å². The fourth-order valence-corrected chi connectivity index (χ4v) is 4.30. The zero-order chi connectivity index (χ0) is 21.0. The van der Waals surface area contributed by atoms with Crippen molar-refractivity contribution in [3.8, 4) is 0 Å². The van der Waals surface area contributed by atoms with Gasteiger partial charge in [0.05, 0.1) is 0 Å². The first-order valence-corrected chi connectivity index (χ1v) is 10.3. The number of nitrogens with one attached hydrogen (secondary N) is 1. The summed E-state index contributed by atoms with van der Waals surface area (Å²) < 4.78 is 38.3. The van der Waals surface area contributed by atoms with Gasteiger partial charge in [0.15, 0.2) is 0 Å². The minimum atomic E-state index is -4.87. The summed E-state index contributed by atoms with van der Waals surface area (Å²) >= 11 is 6.33. The first kappa shape index (κ1) is 21.7. The lowest BCUT2D eigenvalue weighted by molar-refractivity contribution is -0.185. The van der Waals surface area contributed by atoms with E-state index in [1.54, 1.807) is 24.3 Å². The molecule has 2 aliphatic rings. The predicted molar refractivity (Wildman–Crippen MR) is 105 cm³/mol. The van der Waals surface area contributed by atoms with Gasteiger partial charge in [0.25, 0.3) is 0 Å². The van der Waals surface area contributed by atoms with Gasteiger partial charge in [0.2, 0.25) is 5.91 Å². The van der Waals surface area contributed by atoms with Gasteiger partial charge < -0.3 is 10.2 Å². The summed E-state index contributed by atoms with van der Waals surface area (Å²) in [4.78, 5) is 24.5. The van der Waals surface area contributed by atoms with E-state index in [4.69, 9.17) is 11.6 Å². The van der Waals surface area contributed by atoms with Crippen LogP contribution in [0.1, 0.15) is 42.4 Å². The van der Waals surface area contributed by atoms with E-state index in [0.717, 1.165) is 47.3 Å². The normalized spacial score (nSPS) is 18.0. The van der Waals surface area contributed by atoms with Crippen LogP contribution < -0.4 is 5.32 Å². The zero-order valence-corrected chi connectivity index (χ0v) is 16.8. The quantitative estimate of drug-likeness (QED) is 0.783. The van der Waals surface area contributed by atoms with Crippen LogP contribution in [0.5, 0.6) is 0 Å². The molecule has 158 valence electrons. The summed E-state index contributed by atoms with van der Waals surface area (Å²) in [6.45, 7) is 0.381. The van der Waals surface area contributed by atoms with E-state index in [9.17, 15) is 22.8 Å². The number of hydrogen-bond donors (Lipinski definition) is 1. The highest BCUT2D eigenvalue weighted by Gasteiger charge is 2.42. The lowest BCUT2D eigenvalue weighted by Crippen LogP contribution is -2.42. The number of amides is 2. The van der Waals surface area contributed by atoms with Crippen molar-refractivity contribution in [2.75, 3.05) is 19.6 Å². The molecular weight excluding hydrogens is 405 g/mol. The Balaban J connectivity index is 1.67. The maximum Gasteiger partial charge on any atom is 0.471 e. The standard InChI is InChI=1S/C21H24ClF3N2O2/c22-18-8-7-14-9-12-27(20(29)21(23,24)25)13-10-16(14)17(18)6-3-11-26-19(28)15-4-1-2-5-15/h3,6-8,15H,1-2,4-5,9-13H2,(H,26,28). The third kappa shape index (κ3) is 5.32. The molecule has 1 aliphatic heterocycles. The molecule has 29 heavy (non-hydrogen) atoms. The van der Waals surface area contributed by atoms with Crippen LogP contribution in [0.4, 0.5) is 13.2 Å². The molecule has 2 amide bonds. The molecule has 1 saturated carbocycles. The van der Waals surface area contributed by atoms with Gasteiger partial charge in [-0.05, 0) is 48.4 Å². The second-order valence-corrected chi connectivity index (χ2v) is 7.92. The average Bonchev–Trinajstić information content (AvgIpc) is 3.13. The van der Waals surface area contributed by atoms with Gasteiger partial charge in [-0.1, -0.05) is 42.7 Å². The Kier molecular flexibility index (Phi) is 6.88. The summed E-state index contributed by atoms with van der Waals surface area (Å²) in [5.41, 5.74) is 2.48. The molecule has 1 fully saturated rings. The molecule has 0 spiro atoms. The van der Waals surface area contributed by atoms with E-state index >= 15 is 0 Å². The second kappa shape index (κ2) is 9.20. The Morgan fingerprint density at radius 1 is 1.17 bits per heavy atom. The van der Waals surface area contributed by atoms with Crippen LogP contribution >= 0.6 is 11.6 Å². The number of nitrogens with zero attached hydrogens (tertiary/aromatic N) is 1. The summed E-state index contributed by atoms with van der Waals surface area (Å²) in [6.07, 6.45) is 3.42. The van der Waals surface area contributed by atoms with Crippen molar-refractivity contribution in [2.45, 2.75) is 44.7 Å². The molecule has 1 N–H and O–H groups in total. The monoisotopic (exact) mass is 428 g/mol. The molecular formula is C21H24ClF3N2O2. The molecule has 0 atom stereocenters. The molecule has 1 heterocycles. The fourth-order valence-electron chi connectivity index (χ4n) is 4.06. The maximum absolute atomic E-state index is 12.8. The van der Waals surface area contributed by atoms with Gasteiger partial charge in [-0.25, -0.2) is 0 Å². The Morgan fingerprint density at radius 2 is 1.86 bits per heavy atom. The lowest BCUT2D eigenvalue weighted by atomic mass is 9.96. The van der Waals surface area contributed by atoms with Crippen LogP contribution in [0.25, 0.3) is 6.08 Å². The van der Waals surface area contributed by atoms with E-state index in [1.165, 1.54) is 0 Å². The fraction of sp³-hybridized carbons (Fsp3) is 0.524. The summed E-state index contributed by atoms with van der Waals surface area (Å²) in [6, 6.07) is 3.52. The van der Waals surface area contributed by atoms with E-state index in [1.807, 2.05) is 0 Å². The van der Waals surface area contributed by atoms with Crippen molar-refractivity contribution >= 4 is 29.5 Å². The van der Waals surface area contributed by atoms with E-state index in [-0.39, 0.29) is 24.9 Å². The van der Waals surface area contributed by atoms with Crippen LogP contribution in [-0.4, -0.2) is 42.5 Å². The van der Waals surface area contributed by atoms with E-state index in [2.05, 4.69) is 5.32 Å². The van der Waals surface area contributed by atoms with E-state index < -0.39 is 12.1 Å². The molecule has 1 aliphatic carbocycles. The van der Waals surface area contributed by atoms with Crippen molar-refractivity contribution in [1.82, 2.24) is 10.2 Å². The SMILES string of the molecule is O=C(NCC=Cc1c(Cl)ccc2c1CCN(C(=O)C(F)(F)F)CC2)C1CCCC1. The Bertz CT molecular complexity index is 802. The molecule has 0 bridgehead atoms. The molecule has 0 radical (unpaired) electrons. The molecule has 0 aromatic heterocycles. The summed E-state index contributed by atoms with van der Waals surface area (Å²) in [5, 5.41) is 3.40.